The number of nitrogens with two attached hydrogens (primary N) is 1. The monoisotopic (exact) mass is 538 g/mol. The van der Waals surface area contributed by atoms with E-state index in [0.717, 1.165) is 58.9 Å². The molecule has 0 spiro atoms. The van der Waals surface area contributed by atoms with E-state index in [9.17, 15) is 14.7 Å². The van der Waals surface area contributed by atoms with E-state index >= 15 is 0 Å². The highest BCUT2D eigenvalue weighted by molar-refractivity contribution is 5.94. The molecule has 0 radical (unpaired) electrons. The van der Waals surface area contributed by atoms with Crippen molar-refractivity contribution in [2.75, 3.05) is 13.1 Å². The summed E-state index contributed by atoms with van der Waals surface area (Å²) in [6, 6.07) is 15.5. The topological polar surface area (TPSA) is 103 Å². The fourth-order valence-electron chi connectivity index (χ4n) is 7.89. The Balaban J connectivity index is 1.30. The Hall–Kier alpha value is -3.42. The lowest BCUT2D eigenvalue weighted by Gasteiger charge is -2.61. The second kappa shape index (κ2) is 9.05. The van der Waals surface area contributed by atoms with Gasteiger partial charge in [0, 0.05) is 42.3 Å². The summed E-state index contributed by atoms with van der Waals surface area (Å²) in [5.74, 6) is 0.748. The summed E-state index contributed by atoms with van der Waals surface area (Å²) in [5, 5.41) is 10.5. The minimum absolute atomic E-state index is 0.0934. The molecular formula is C33H38N4O3. The van der Waals surface area contributed by atoms with Gasteiger partial charge in [-0.2, -0.15) is 0 Å². The number of phenolic OH excluding ortho intramolecular Hbond substituents is 1. The van der Waals surface area contributed by atoms with Crippen molar-refractivity contribution in [3.05, 3.63) is 98.0 Å². The summed E-state index contributed by atoms with van der Waals surface area (Å²) in [7, 11) is 0. The zero-order valence-electron chi connectivity index (χ0n) is 23.4. The molecule has 0 bridgehead atoms. The van der Waals surface area contributed by atoms with Crippen LogP contribution in [0.15, 0.2) is 53.3 Å². The van der Waals surface area contributed by atoms with Gasteiger partial charge in [-0.15, -0.1) is 0 Å². The highest BCUT2D eigenvalue weighted by Crippen LogP contribution is 2.53. The number of fused-ring (bicyclic) bond motifs is 3. The number of likely N-dealkylation sites (tertiary alicyclic amines) is 1. The molecule has 7 rings (SSSR count). The molecule has 3 heterocycles. The first-order valence-electron chi connectivity index (χ1n) is 14.6. The molecule has 3 unspecified atom stereocenters. The van der Waals surface area contributed by atoms with Crippen molar-refractivity contribution in [3.8, 4) is 5.75 Å². The molecular weight excluding hydrogens is 500 g/mol. The van der Waals surface area contributed by atoms with Gasteiger partial charge in [0.15, 0.2) is 0 Å². The normalized spacial score (nSPS) is 27.7. The zero-order chi connectivity index (χ0) is 27.8. The maximum atomic E-state index is 13.6. The number of aryl methyl sites for hydroxylation is 1. The molecule has 3 aromatic rings. The van der Waals surface area contributed by atoms with Crippen molar-refractivity contribution >= 4 is 5.91 Å². The number of rotatable bonds is 4. The Morgan fingerprint density at radius 2 is 1.80 bits per heavy atom. The standard InChI is InChI=1S/C33H38N4O3/c1-20-7-10-26(38)14-28(20)32-11-12-36(17-22-8-9-22)21(2)33(32,34)15-25-13-27(30(39)35-29(25)16-32)31(40)37-18-23-5-3-4-6-24(23)19-37/h3-7,10,13-14,21-22,38H,8-9,11-12,15-19,34H2,1-2H3,(H,35,39). The van der Waals surface area contributed by atoms with E-state index in [4.69, 9.17) is 5.73 Å². The number of aromatic hydroxyl groups is 1. The van der Waals surface area contributed by atoms with Crippen LogP contribution in [0.1, 0.15) is 70.1 Å². The maximum Gasteiger partial charge on any atom is 0.261 e. The summed E-state index contributed by atoms with van der Waals surface area (Å²) >= 11 is 0. The van der Waals surface area contributed by atoms with Crippen LogP contribution >= 0.6 is 0 Å². The number of nitrogens with zero attached hydrogens (tertiary/aromatic N) is 2. The summed E-state index contributed by atoms with van der Waals surface area (Å²) in [4.78, 5) is 34.5. The third kappa shape index (κ3) is 3.85. The molecule has 3 atom stereocenters. The summed E-state index contributed by atoms with van der Waals surface area (Å²) in [6.45, 7) is 7.35. The lowest BCUT2D eigenvalue weighted by Crippen LogP contribution is -2.75. The number of carbonyl (C=O) groups excluding carboxylic acids is 1. The molecule has 1 saturated heterocycles. The van der Waals surface area contributed by atoms with Crippen molar-refractivity contribution in [2.45, 2.75) is 76.0 Å². The zero-order valence-corrected chi connectivity index (χ0v) is 23.4. The number of hydrogen-bond donors (Lipinski definition) is 3. The number of H-pyrrole nitrogens is 1. The van der Waals surface area contributed by atoms with Gasteiger partial charge in [-0.1, -0.05) is 30.3 Å². The average molecular weight is 539 g/mol. The van der Waals surface area contributed by atoms with E-state index in [1.165, 1.54) is 12.8 Å². The average Bonchev–Trinajstić information content (AvgIpc) is 3.65. The number of nitrogens with one attached hydrogen (secondary N) is 1. The molecule has 7 nitrogen and oxygen atoms in total. The number of aromatic nitrogens is 1. The molecule has 7 heteroatoms. The largest absolute Gasteiger partial charge is 0.508 e. The van der Waals surface area contributed by atoms with Gasteiger partial charge in [-0.25, -0.2) is 0 Å². The van der Waals surface area contributed by atoms with Gasteiger partial charge in [0.2, 0.25) is 0 Å². The quantitative estimate of drug-likeness (QED) is 0.469. The highest BCUT2D eigenvalue weighted by atomic mass is 16.3. The van der Waals surface area contributed by atoms with Gasteiger partial charge >= 0.3 is 0 Å². The van der Waals surface area contributed by atoms with E-state index in [1.54, 1.807) is 11.0 Å². The molecule has 1 amide bonds. The number of carbonyl (C=O) groups is 1. The summed E-state index contributed by atoms with van der Waals surface area (Å²) in [5.41, 5.74) is 12.6. The van der Waals surface area contributed by atoms with Crippen LogP contribution in [0.25, 0.3) is 0 Å². The fraction of sp³-hybridized carbons (Fsp3) is 0.455. The van der Waals surface area contributed by atoms with Crippen LogP contribution in [-0.2, 0) is 31.3 Å². The Morgan fingerprint density at radius 3 is 2.50 bits per heavy atom. The Kier molecular flexibility index (Phi) is 5.78. The van der Waals surface area contributed by atoms with E-state index in [1.807, 2.05) is 42.5 Å². The SMILES string of the molecule is Cc1ccc(O)cc1C12CCN(CC3CC3)C(C)C1(N)Cc1cc(C(=O)N3Cc4ccccc4C3)c(=O)[nH]c1C2. The molecule has 40 heavy (non-hydrogen) atoms. The number of aromatic amines is 1. The second-order valence-electron chi connectivity index (χ2n) is 12.8. The minimum Gasteiger partial charge on any atom is -0.508 e. The van der Waals surface area contributed by atoms with E-state index in [2.05, 4.69) is 23.7 Å². The van der Waals surface area contributed by atoms with Crippen LogP contribution in [0.5, 0.6) is 5.75 Å². The van der Waals surface area contributed by atoms with Gasteiger partial charge in [-0.3, -0.25) is 14.5 Å². The van der Waals surface area contributed by atoms with Gasteiger partial charge in [-0.05, 0) is 104 Å². The van der Waals surface area contributed by atoms with Gasteiger partial charge in [0.05, 0.1) is 0 Å². The number of amides is 1. The number of piperidine rings is 1. The summed E-state index contributed by atoms with van der Waals surface area (Å²) in [6.07, 6.45) is 4.54. The Morgan fingerprint density at radius 1 is 1.07 bits per heavy atom. The summed E-state index contributed by atoms with van der Waals surface area (Å²) < 4.78 is 0. The van der Waals surface area contributed by atoms with Crippen molar-refractivity contribution in [1.82, 2.24) is 14.8 Å². The number of hydrogen-bond acceptors (Lipinski definition) is 5. The smallest absolute Gasteiger partial charge is 0.261 e. The molecule has 2 aliphatic carbocycles. The number of benzene rings is 2. The van der Waals surface area contributed by atoms with Gasteiger partial charge < -0.3 is 20.7 Å². The molecule has 208 valence electrons. The predicted octanol–water partition coefficient (Wildman–Crippen LogP) is 3.78. The Labute approximate surface area is 235 Å². The van der Waals surface area contributed by atoms with E-state index in [-0.39, 0.29) is 28.8 Å². The molecule has 1 saturated carbocycles. The maximum absolute atomic E-state index is 13.6. The van der Waals surface area contributed by atoms with Crippen LogP contribution in [0, 0.1) is 12.8 Å². The van der Waals surface area contributed by atoms with Crippen LogP contribution in [0.2, 0.25) is 0 Å². The lowest BCUT2D eigenvalue weighted by molar-refractivity contribution is 0.000864. The van der Waals surface area contributed by atoms with E-state index in [0.29, 0.717) is 25.9 Å². The fourth-order valence-corrected chi connectivity index (χ4v) is 7.89. The van der Waals surface area contributed by atoms with Crippen LogP contribution in [0.3, 0.4) is 0 Å². The number of pyridine rings is 1. The van der Waals surface area contributed by atoms with Crippen molar-refractivity contribution in [2.24, 2.45) is 11.7 Å². The van der Waals surface area contributed by atoms with Crippen molar-refractivity contribution in [3.63, 3.8) is 0 Å². The first-order chi connectivity index (χ1) is 19.2. The lowest BCUT2D eigenvalue weighted by atomic mass is 9.51. The van der Waals surface area contributed by atoms with Crippen molar-refractivity contribution in [1.29, 1.82) is 0 Å². The third-order valence-electron chi connectivity index (χ3n) is 10.5. The highest BCUT2D eigenvalue weighted by Gasteiger charge is 2.60. The molecule has 1 aromatic heterocycles. The molecule has 2 fully saturated rings. The first kappa shape index (κ1) is 25.5. The van der Waals surface area contributed by atoms with Crippen molar-refractivity contribution < 1.29 is 9.90 Å². The molecule has 4 aliphatic rings. The van der Waals surface area contributed by atoms with Crippen LogP contribution in [-0.4, -0.2) is 50.5 Å². The molecule has 4 N–H and O–H groups in total. The Bertz CT molecular complexity index is 1550. The minimum atomic E-state index is -0.645. The third-order valence-corrected chi connectivity index (χ3v) is 10.5. The van der Waals surface area contributed by atoms with Gasteiger partial charge in [0.1, 0.15) is 11.3 Å². The number of phenols is 1. The van der Waals surface area contributed by atoms with Gasteiger partial charge in [0.25, 0.3) is 11.5 Å². The van der Waals surface area contributed by atoms with Crippen LogP contribution < -0.4 is 11.3 Å². The molecule has 2 aliphatic heterocycles. The van der Waals surface area contributed by atoms with E-state index < -0.39 is 11.0 Å². The first-order valence-corrected chi connectivity index (χ1v) is 14.6. The molecule has 2 aromatic carbocycles. The predicted molar refractivity (Wildman–Crippen MR) is 154 cm³/mol. The second-order valence-corrected chi connectivity index (χ2v) is 12.8. The van der Waals surface area contributed by atoms with Crippen LogP contribution in [0.4, 0.5) is 0 Å².